The molecule has 0 aromatic heterocycles. The van der Waals surface area contributed by atoms with Crippen LogP contribution < -0.4 is 10.6 Å². The molecule has 4 nitrogen and oxygen atoms in total. The number of aryl methyl sites for hydroxylation is 2. The topological polar surface area (TPSA) is 70.1 Å². The summed E-state index contributed by atoms with van der Waals surface area (Å²) < 4.78 is 0. The Bertz CT molecular complexity index is 1580. The summed E-state index contributed by atoms with van der Waals surface area (Å²) in [4.78, 5) is 16.6. The number of nitriles is 1. The van der Waals surface area contributed by atoms with E-state index in [1.165, 1.54) is 16.0 Å². The van der Waals surface area contributed by atoms with Gasteiger partial charge in [0.2, 0.25) is 0 Å². The summed E-state index contributed by atoms with van der Waals surface area (Å²) in [6, 6.07) is 20.5. The standard InChI is InChI=1S/C32H29Cl2N3OS/c1-18-10-12-22(13-11-18)39-17-21-14-19(2)15-23(20(21)3)29-24(16-35)32(36)37(26-7-5-9-28(38)30(26)29)27-8-4-6-25(33)31(27)34/h4,6,8,10-15,29H,5,7,9,17,36H2,1-3H3. The molecule has 0 spiro atoms. The molecule has 0 radical (unpaired) electrons. The third-order valence-electron chi connectivity index (χ3n) is 7.51. The van der Waals surface area contributed by atoms with Crippen molar-refractivity contribution in [2.24, 2.45) is 5.73 Å². The lowest BCUT2D eigenvalue weighted by Crippen LogP contribution is -2.39. The molecule has 0 saturated heterocycles. The second-order valence-corrected chi connectivity index (χ2v) is 12.0. The number of benzene rings is 3. The van der Waals surface area contributed by atoms with E-state index in [9.17, 15) is 10.1 Å². The maximum Gasteiger partial charge on any atom is 0.161 e. The van der Waals surface area contributed by atoms with Gasteiger partial charge in [-0.2, -0.15) is 5.26 Å². The van der Waals surface area contributed by atoms with E-state index in [0.717, 1.165) is 28.1 Å². The van der Waals surface area contributed by atoms with Gasteiger partial charge < -0.3 is 5.73 Å². The molecule has 39 heavy (non-hydrogen) atoms. The molecule has 0 saturated carbocycles. The predicted octanol–water partition coefficient (Wildman–Crippen LogP) is 8.52. The zero-order valence-corrected chi connectivity index (χ0v) is 24.5. The molecule has 1 atom stereocenters. The molecule has 3 aromatic carbocycles. The molecule has 0 bridgehead atoms. The van der Waals surface area contributed by atoms with Gasteiger partial charge in [-0.25, -0.2) is 0 Å². The molecule has 5 rings (SSSR count). The number of hydrogen-bond donors (Lipinski definition) is 1. The third kappa shape index (κ3) is 5.10. The summed E-state index contributed by atoms with van der Waals surface area (Å²) in [5.41, 5.74) is 14.6. The highest BCUT2D eigenvalue weighted by molar-refractivity contribution is 7.98. The Hall–Kier alpha value is -3.17. The molecule has 7 heteroatoms. The van der Waals surface area contributed by atoms with Gasteiger partial charge >= 0.3 is 0 Å². The molecule has 0 fully saturated rings. The van der Waals surface area contributed by atoms with Crippen molar-refractivity contribution in [2.45, 2.75) is 56.6 Å². The number of ketones is 1. The Kier molecular flexibility index (Phi) is 7.82. The maximum absolute atomic E-state index is 13.6. The van der Waals surface area contributed by atoms with Gasteiger partial charge in [0, 0.05) is 28.3 Å². The number of hydrogen-bond acceptors (Lipinski definition) is 5. The summed E-state index contributed by atoms with van der Waals surface area (Å²) in [6.07, 6.45) is 1.80. The fourth-order valence-electron chi connectivity index (χ4n) is 5.55. The van der Waals surface area contributed by atoms with Crippen molar-refractivity contribution in [3.8, 4) is 6.07 Å². The number of allylic oxidation sites excluding steroid dienone is 3. The van der Waals surface area contributed by atoms with E-state index in [1.54, 1.807) is 28.8 Å². The van der Waals surface area contributed by atoms with Crippen LogP contribution >= 0.6 is 35.0 Å². The average Bonchev–Trinajstić information content (AvgIpc) is 2.91. The van der Waals surface area contributed by atoms with Crippen molar-refractivity contribution >= 4 is 46.4 Å². The van der Waals surface area contributed by atoms with Crippen molar-refractivity contribution in [3.63, 3.8) is 0 Å². The van der Waals surface area contributed by atoms with Crippen LogP contribution in [0.2, 0.25) is 10.0 Å². The second kappa shape index (κ2) is 11.1. The molecular formula is C32H29Cl2N3OS. The van der Waals surface area contributed by atoms with Crippen LogP contribution in [0, 0.1) is 32.1 Å². The van der Waals surface area contributed by atoms with Crippen LogP contribution in [-0.2, 0) is 10.5 Å². The smallest absolute Gasteiger partial charge is 0.161 e. The predicted molar refractivity (Wildman–Crippen MR) is 161 cm³/mol. The first-order chi connectivity index (χ1) is 18.7. The molecule has 198 valence electrons. The van der Waals surface area contributed by atoms with Gasteiger partial charge in [-0.05, 0) is 74.6 Å². The van der Waals surface area contributed by atoms with Crippen molar-refractivity contribution in [1.82, 2.24) is 0 Å². The summed E-state index contributed by atoms with van der Waals surface area (Å²) in [5, 5.41) is 11.2. The monoisotopic (exact) mass is 573 g/mol. The lowest BCUT2D eigenvalue weighted by atomic mass is 9.73. The van der Waals surface area contributed by atoms with E-state index in [2.05, 4.69) is 63.2 Å². The Morgan fingerprint density at radius 3 is 2.51 bits per heavy atom. The highest BCUT2D eigenvalue weighted by Gasteiger charge is 2.41. The molecule has 0 amide bonds. The largest absolute Gasteiger partial charge is 0.384 e. The van der Waals surface area contributed by atoms with E-state index in [1.807, 2.05) is 6.07 Å². The number of carbonyl (C=O) groups is 1. The summed E-state index contributed by atoms with van der Waals surface area (Å²) in [6.45, 7) is 6.22. The van der Waals surface area contributed by atoms with Crippen LogP contribution in [-0.4, -0.2) is 5.78 Å². The zero-order chi connectivity index (χ0) is 27.8. The summed E-state index contributed by atoms with van der Waals surface area (Å²) in [7, 11) is 0. The van der Waals surface area contributed by atoms with Gasteiger partial charge in [-0.15, -0.1) is 11.8 Å². The van der Waals surface area contributed by atoms with Crippen LogP contribution in [0.4, 0.5) is 5.69 Å². The van der Waals surface area contributed by atoms with Crippen LogP contribution in [0.1, 0.15) is 53.0 Å². The van der Waals surface area contributed by atoms with Crippen LogP contribution in [0.15, 0.2) is 82.2 Å². The van der Waals surface area contributed by atoms with Crippen LogP contribution in [0.25, 0.3) is 0 Å². The molecular weight excluding hydrogens is 545 g/mol. The summed E-state index contributed by atoms with van der Waals surface area (Å²) in [5.74, 6) is 0.578. The molecule has 1 aliphatic carbocycles. The summed E-state index contributed by atoms with van der Waals surface area (Å²) >= 11 is 14.7. The molecule has 1 aliphatic heterocycles. The van der Waals surface area contributed by atoms with Crippen LogP contribution in [0.3, 0.4) is 0 Å². The van der Waals surface area contributed by atoms with E-state index < -0.39 is 5.92 Å². The van der Waals surface area contributed by atoms with E-state index >= 15 is 0 Å². The van der Waals surface area contributed by atoms with Gasteiger partial charge in [0.15, 0.2) is 5.78 Å². The van der Waals surface area contributed by atoms with E-state index in [4.69, 9.17) is 28.9 Å². The average molecular weight is 575 g/mol. The second-order valence-electron chi connectivity index (χ2n) is 10.1. The highest BCUT2D eigenvalue weighted by atomic mass is 35.5. The number of thioether (sulfide) groups is 1. The SMILES string of the molecule is Cc1ccc(SCc2cc(C)cc(C3C(C#N)=C(N)N(c4cccc(Cl)c4Cl)C4=C3C(=O)CCC4)c2C)cc1. The van der Waals surface area contributed by atoms with Crippen molar-refractivity contribution in [2.75, 3.05) is 4.90 Å². The fourth-order valence-corrected chi connectivity index (χ4v) is 6.88. The van der Waals surface area contributed by atoms with Crippen molar-refractivity contribution in [3.05, 3.63) is 115 Å². The zero-order valence-electron chi connectivity index (χ0n) is 22.1. The molecule has 1 unspecified atom stereocenters. The van der Waals surface area contributed by atoms with Gasteiger partial charge in [0.25, 0.3) is 0 Å². The Morgan fingerprint density at radius 2 is 1.79 bits per heavy atom. The lowest BCUT2D eigenvalue weighted by Gasteiger charge is -2.40. The number of nitrogens with zero attached hydrogens (tertiary/aromatic N) is 2. The lowest BCUT2D eigenvalue weighted by molar-refractivity contribution is -0.116. The first-order valence-corrected chi connectivity index (χ1v) is 14.6. The Labute approximate surface area is 244 Å². The molecule has 1 heterocycles. The Balaban J connectivity index is 1.65. The highest BCUT2D eigenvalue weighted by Crippen LogP contribution is 2.49. The van der Waals surface area contributed by atoms with Gasteiger partial charge in [-0.1, -0.05) is 64.7 Å². The number of halogens is 2. The minimum absolute atomic E-state index is 0.0427. The number of carbonyl (C=O) groups excluding carboxylic acids is 1. The molecule has 3 aromatic rings. The van der Waals surface area contributed by atoms with Gasteiger partial charge in [0.05, 0.1) is 33.3 Å². The van der Waals surface area contributed by atoms with Crippen molar-refractivity contribution in [1.29, 1.82) is 5.26 Å². The van der Waals surface area contributed by atoms with Crippen LogP contribution in [0.5, 0.6) is 0 Å². The normalized spacial score (nSPS) is 17.4. The van der Waals surface area contributed by atoms with Gasteiger partial charge in [-0.3, -0.25) is 9.69 Å². The minimum atomic E-state index is -0.532. The first-order valence-electron chi connectivity index (χ1n) is 12.9. The number of Topliss-reactive ketones (excluding diaryl/α,β-unsaturated/α-hetero) is 1. The van der Waals surface area contributed by atoms with Gasteiger partial charge in [0.1, 0.15) is 5.82 Å². The molecule has 2 N–H and O–H groups in total. The quantitative estimate of drug-likeness (QED) is 0.310. The third-order valence-corrected chi connectivity index (χ3v) is 9.38. The van der Waals surface area contributed by atoms with E-state index in [0.29, 0.717) is 46.1 Å². The minimum Gasteiger partial charge on any atom is -0.384 e. The fraction of sp³-hybridized carbons (Fsp3) is 0.250. The number of nitrogens with two attached hydrogens (primary N) is 1. The van der Waals surface area contributed by atoms with E-state index in [-0.39, 0.29) is 11.6 Å². The maximum atomic E-state index is 13.6. The number of anilines is 1. The molecule has 2 aliphatic rings. The van der Waals surface area contributed by atoms with Crippen molar-refractivity contribution < 1.29 is 4.79 Å². The number of rotatable bonds is 5. The Morgan fingerprint density at radius 1 is 1.05 bits per heavy atom. The first kappa shape index (κ1) is 27.4.